The summed E-state index contributed by atoms with van der Waals surface area (Å²) in [5.41, 5.74) is 0.159. The number of esters is 2. The predicted octanol–water partition coefficient (Wildman–Crippen LogP) is 4.59. The standard InChI is InChI=1S/C24H38O5/c1-15-8-10-24(7)11-9-20(23(5,6)29-18(4)26)22(24)21(28-17(3)25)14-16(2)13-19(27)12-15/h8,10,13,15,19-22,27H,9,11-12,14H2,1-7H3/b10-8+,16-13+/t15-,19+,20+,21-,22+,24-/m0/s1. The van der Waals surface area contributed by atoms with Gasteiger partial charge in [-0.2, -0.15) is 0 Å². The molecule has 0 amide bonds. The van der Waals surface area contributed by atoms with Crippen LogP contribution in [0.15, 0.2) is 23.8 Å². The van der Waals surface area contributed by atoms with E-state index in [1.807, 2.05) is 26.8 Å². The van der Waals surface area contributed by atoms with Gasteiger partial charge in [0, 0.05) is 32.1 Å². The summed E-state index contributed by atoms with van der Waals surface area (Å²) in [6.45, 7) is 13.1. The highest BCUT2D eigenvalue weighted by molar-refractivity contribution is 5.67. The molecule has 0 radical (unpaired) electrons. The van der Waals surface area contributed by atoms with Gasteiger partial charge in [-0.15, -0.1) is 0 Å². The molecule has 5 heteroatoms. The number of fused-ring (bicyclic) bond motifs is 1. The third kappa shape index (κ3) is 5.94. The Morgan fingerprint density at radius 3 is 2.48 bits per heavy atom. The van der Waals surface area contributed by atoms with Gasteiger partial charge in [0.2, 0.25) is 0 Å². The molecule has 2 aliphatic rings. The fourth-order valence-electron chi connectivity index (χ4n) is 5.46. The minimum atomic E-state index is -0.663. The first-order valence-electron chi connectivity index (χ1n) is 10.8. The largest absolute Gasteiger partial charge is 0.462 e. The lowest BCUT2D eigenvalue weighted by atomic mass is 9.68. The summed E-state index contributed by atoms with van der Waals surface area (Å²) in [5, 5.41) is 10.4. The highest BCUT2D eigenvalue weighted by atomic mass is 16.6. The summed E-state index contributed by atoms with van der Waals surface area (Å²) in [5.74, 6) is -0.319. The van der Waals surface area contributed by atoms with E-state index in [1.54, 1.807) is 0 Å². The van der Waals surface area contributed by atoms with Gasteiger partial charge < -0.3 is 14.6 Å². The first-order chi connectivity index (χ1) is 13.3. The molecule has 0 bridgehead atoms. The van der Waals surface area contributed by atoms with Crippen LogP contribution in [0.2, 0.25) is 0 Å². The summed E-state index contributed by atoms with van der Waals surface area (Å²) in [6.07, 6.45) is 8.48. The molecule has 2 aliphatic carbocycles. The molecule has 164 valence electrons. The molecule has 5 nitrogen and oxygen atoms in total. The quantitative estimate of drug-likeness (QED) is 0.548. The van der Waals surface area contributed by atoms with Gasteiger partial charge in [-0.05, 0) is 51.4 Å². The molecule has 0 aromatic rings. The van der Waals surface area contributed by atoms with Crippen LogP contribution in [-0.2, 0) is 19.1 Å². The number of carbonyl (C=O) groups excluding carboxylic acids is 2. The van der Waals surface area contributed by atoms with Crippen LogP contribution in [0.25, 0.3) is 0 Å². The summed E-state index contributed by atoms with van der Waals surface area (Å²) >= 11 is 0. The van der Waals surface area contributed by atoms with Crippen LogP contribution in [0.5, 0.6) is 0 Å². The van der Waals surface area contributed by atoms with Crippen LogP contribution in [0, 0.1) is 23.2 Å². The van der Waals surface area contributed by atoms with Crippen molar-refractivity contribution in [2.24, 2.45) is 23.2 Å². The monoisotopic (exact) mass is 406 g/mol. The zero-order valence-electron chi connectivity index (χ0n) is 19.0. The van der Waals surface area contributed by atoms with E-state index in [0.717, 1.165) is 18.4 Å². The third-order valence-electron chi connectivity index (χ3n) is 6.63. The zero-order chi connectivity index (χ0) is 22.0. The molecule has 2 rings (SSSR count). The van der Waals surface area contributed by atoms with Crippen molar-refractivity contribution in [1.29, 1.82) is 0 Å². The number of ether oxygens (including phenoxy) is 2. The van der Waals surface area contributed by atoms with Gasteiger partial charge in [0.15, 0.2) is 0 Å². The second kappa shape index (κ2) is 9.03. The topological polar surface area (TPSA) is 72.8 Å². The lowest BCUT2D eigenvalue weighted by Crippen LogP contribution is -2.46. The van der Waals surface area contributed by atoms with Crippen molar-refractivity contribution in [3.05, 3.63) is 23.8 Å². The van der Waals surface area contributed by atoms with E-state index >= 15 is 0 Å². The predicted molar refractivity (Wildman–Crippen MR) is 113 cm³/mol. The van der Waals surface area contributed by atoms with Crippen LogP contribution < -0.4 is 0 Å². The van der Waals surface area contributed by atoms with Crippen LogP contribution in [-0.4, -0.2) is 34.9 Å². The van der Waals surface area contributed by atoms with E-state index < -0.39 is 11.7 Å². The van der Waals surface area contributed by atoms with E-state index in [-0.39, 0.29) is 41.2 Å². The van der Waals surface area contributed by atoms with Gasteiger partial charge in [0.05, 0.1) is 6.10 Å². The van der Waals surface area contributed by atoms with Gasteiger partial charge in [-0.25, -0.2) is 0 Å². The van der Waals surface area contributed by atoms with Crippen LogP contribution in [0.1, 0.15) is 74.1 Å². The normalized spacial score (nSPS) is 38.8. The Morgan fingerprint density at radius 2 is 1.90 bits per heavy atom. The van der Waals surface area contributed by atoms with Gasteiger partial charge >= 0.3 is 11.9 Å². The number of hydrogen-bond donors (Lipinski definition) is 1. The minimum Gasteiger partial charge on any atom is -0.462 e. The molecule has 1 fully saturated rings. The molecule has 6 atom stereocenters. The second-order valence-electron chi connectivity index (χ2n) is 9.88. The van der Waals surface area contributed by atoms with Crippen molar-refractivity contribution in [1.82, 2.24) is 0 Å². The Balaban J connectivity index is 2.55. The summed E-state index contributed by atoms with van der Waals surface area (Å²) in [6, 6.07) is 0. The summed E-state index contributed by atoms with van der Waals surface area (Å²) in [4.78, 5) is 23.7. The van der Waals surface area contributed by atoms with E-state index in [0.29, 0.717) is 12.8 Å². The Kier molecular flexibility index (Phi) is 7.37. The first-order valence-corrected chi connectivity index (χ1v) is 10.8. The number of carbonyl (C=O) groups is 2. The van der Waals surface area contributed by atoms with E-state index in [2.05, 4.69) is 26.0 Å². The molecule has 0 saturated heterocycles. The average molecular weight is 407 g/mol. The molecule has 0 aromatic carbocycles. The van der Waals surface area contributed by atoms with Gasteiger partial charge in [-0.3, -0.25) is 9.59 Å². The second-order valence-corrected chi connectivity index (χ2v) is 9.88. The van der Waals surface area contributed by atoms with Crippen LogP contribution in [0.4, 0.5) is 0 Å². The maximum Gasteiger partial charge on any atom is 0.303 e. The number of hydrogen-bond acceptors (Lipinski definition) is 5. The molecule has 0 unspecified atom stereocenters. The van der Waals surface area contributed by atoms with Crippen LogP contribution >= 0.6 is 0 Å². The minimum absolute atomic E-state index is 0.00259. The Morgan fingerprint density at radius 1 is 1.24 bits per heavy atom. The molecule has 0 aromatic heterocycles. The number of aliphatic hydroxyl groups is 1. The molecule has 29 heavy (non-hydrogen) atoms. The highest BCUT2D eigenvalue weighted by Gasteiger charge is 2.54. The van der Waals surface area contributed by atoms with Crippen molar-refractivity contribution < 1.29 is 24.2 Å². The van der Waals surface area contributed by atoms with Crippen molar-refractivity contribution in [2.75, 3.05) is 0 Å². The lowest BCUT2D eigenvalue weighted by molar-refractivity contribution is -0.168. The molecule has 1 saturated carbocycles. The maximum atomic E-state index is 12.0. The molecule has 0 aliphatic heterocycles. The van der Waals surface area contributed by atoms with Crippen molar-refractivity contribution in [3.63, 3.8) is 0 Å². The Bertz CT molecular complexity index is 677. The number of aliphatic hydroxyl groups excluding tert-OH is 1. The highest BCUT2D eigenvalue weighted by Crippen LogP contribution is 2.55. The third-order valence-corrected chi connectivity index (χ3v) is 6.63. The van der Waals surface area contributed by atoms with Gasteiger partial charge in [0.25, 0.3) is 0 Å². The number of allylic oxidation sites excluding steroid dienone is 2. The van der Waals surface area contributed by atoms with Gasteiger partial charge in [0.1, 0.15) is 11.7 Å². The van der Waals surface area contributed by atoms with Crippen molar-refractivity contribution in [3.8, 4) is 0 Å². The summed E-state index contributed by atoms with van der Waals surface area (Å²) < 4.78 is 11.6. The molecular formula is C24H38O5. The van der Waals surface area contributed by atoms with E-state index in [9.17, 15) is 14.7 Å². The molecular weight excluding hydrogens is 368 g/mol. The smallest absolute Gasteiger partial charge is 0.303 e. The average Bonchev–Trinajstić information content (AvgIpc) is 2.88. The Hall–Kier alpha value is -1.62. The van der Waals surface area contributed by atoms with Crippen LogP contribution in [0.3, 0.4) is 0 Å². The first kappa shape index (κ1) is 23.7. The van der Waals surface area contributed by atoms with E-state index in [1.165, 1.54) is 13.8 Å². The Labute approximate surface area is 175 Å². The fraction of sp³-hybridized carbons (Fsp3) is 0.750. The fourth-order valence-corrected chi connectivity index (χ4v) is 5.46. The molecule has 0 heterocycles. The zero-order valence-corrected chi connectivity index (χ0v) is 19.0. The SMILES string of the molecule is CC(=O)O[C@H]1C/C(C)=C/[C@H](O)C[C@@H](C)/C=C/[C@@]2(C)CC[C@@H](C(C)(C)OC(C)=O)[C@H]12. The summed E-state index contributed by atoms with van der Waals surface area (Å²) in [7, 11) is 0. The van der Waals surface area contributed by atoms with Crippen molar-refractivity contribution in [2.45, 2.75) is 92.0 Å². The van der Waals surface area contributed by atoms with Crippen molar-refractivity contribution >= 4 is 11.9 Å². The van der Waals surface area contributed by atoms with Gasteiger partial charge in [-0.1, -0.05) is 37.6 Å². The molecule has 1 N–H and O–H groups in total. The maximum absolute atomic E-state index is 12.0. The molecule has 0 spiro atoms. The van der Waals surface area contributed by atoms with E-state index in [4.69, 9.17) is 9.47 Å². The number of rotatable bonds is 3. The lowest BCUT2D eigenvalue weighted by Gasteiger charge is -2.42.